The predicted molar refractivity (Wildman–Crippen MR) is 97.6 cm³/mol. The number of benzene rings is 1. The molecule has 0 aliphatic carbocycles. The van der Waals surface area contributed by atoms with Gasteiger partial charge in [-0.15, -0.1) is 11.3 Å². The molecule has 0 radical (unpaired) electrons. The highest BCUT2D eigenvalue weighted by Crippen LogP contribution is 2.27. The van der Waals surface area contributed by atoms with Crippen molar-refractivity contribution in [1.29, 1.82) is 0 Å². The van der Waals surface area contributed by atoms with E-state index in [4.69, 9.17) is 5.73 Å². The van der Waals surface area contributed by atoms with Gasteiger partial charge in [0, 0.05) is 0 Å². The molecule has 24 heavy (non-hydrogen) atoms. The molecule has 4 N–H and O–H groups in total. The Morgan fingerprint density at radius 2 is 2.17 bits per heavy atom. The van der Waals surface area contributed by atoms with Crippen LogP contribution in [0.4, 0.5) is 5.00 Å². The second kappa shape index (κ2) is 6.66. The van der Waals surface area contributed by atoms with Crippen LogP contribution in [-0.4, -0.2) is 27.0 Å². The number of thiophene rings is 1. The van der Waals surface area contributed by atoms with Crippen molar-refractivity contribution in [3.63, 3.8) is 0 Å². The van der Waals surface area contributed by atoms with Gasteiger partial charge in [0.15, 0.2) is 5.16 Å². The average Bonchev–Trinajstić information content (AvgIpc) is 3.12. The van der Waals surface area contributed by atoms with E-state index in [-0.39, 0.29) is 11.2 Å². The normalized spacial score (nSPS) is 12.2. The summed E-state index contributed by atoms with van der Waals surface area (Å²) >= 11 is 2.60. The SMILES string of the molecule is Cc1ccc2nc(SC(C)C(=O)Nc3sccc3C(N)=O)[nH]c2c1. The maximum Gasteiger partial charge on any atom is 0.251 e. The highest BCUT2D eigenvalue weighted by atomic mass is 32.2. The van der Waals surface area contributed by atoms with E-state index in [1.807, 2.05) is 25.1 Å². The summed E-state index contributed by atoms with van der Waals surface area (Å²) < 4.78 is 0. The molecule has 0 saturated carbocycles. The quantitative estimate of drug-likeness (QED) is 0.608. The molecular weight excluding hydrogens is 344 g/mol. The minimum absolute atomic E-state index is 0.207. The zero-order chi connectivity index (χ0) is 17.3. The fraction of sp³-hybridized carbons (Fsp3) is 0.188. The maximum atomic E-state index is 12.3. The van der Waals surface area contributed by atoms with Gasteiger partial charge in [-0.1, -0.05) is 17.8 Å². The summed E-state index contributed by atoms with van der Waals surface area (Å²) in [7, 11) is 0. The van der Waals surface area contributed by atoms with Crippen LogP contribution in [0.5, 0.6) is 0 Å². The molecule has 0 aliphatic heterocycles. The molecule has 1 aromatic carbocycles. The number of fused-ring (bicyclic) bond motifs is 1. The number of nitrogens with zero attached hydrogens (tertiary/aromatic N) is 1. The van der Waals surface area contributed by atoms with Gasteiger partial charge in [0.25, 0.3) is 5.91 Å². The largest absolute Gasteiger partial charge is 0.366 e. The van der Waals surface area contributed by atoms with Crippen LogP contribution in [0.3, 0.4) is 0 Å². The summed E-state index contributed by atoms with van der Waals surface area (Å²) in [6.45, 7) is 3.80. The number of aromatic nitrogens is 2. The van der Waals surface area contributed by atoms with E-state index in [2.05, 4.69) is 15.3 Å². The first-order valence-corrected chi connectivity index (χ1v) is 9.01. The van der Waals surface area contributed by atoms with Crippen LogP contribution in [0, 0.1) is 6.92 Å². The Kier molecular flexibility index (Phi) is 4.59. The molecule has 6 nitrogen and oxygen atoms in total. The number of carbonyl (C=O) groups is 2. The molecule has 2 aromatic heterocycles. The number of rotatable bonds is 5. The van der Waals surface area contributed by atoms with Crippen molar-refractivity contribution in [2.24, 2.45) is 5.73 Å². The van der Waals surface area contributed by atoms with Gasteiger partial charge in [0.1, 0.15) is 5.00 Å². The van der Waals surface area contributed by atoms with Gasteiger partial charge in [0.2, 0.25) is 5.91 Å². The molecule has 1 unspecified atom stereocenters. The number of nitrogens with two attached hydrogens (primary N) is 1. The first-order valence-electron chi connectivity index (χ1n) is 7.25. The number of H-pyrrole nitrogens is 1. The van der Waals surface area contributed by atoms with Gasteiger partial charge < -0.3 is 16.0 Å². The predicted octanol–water partition coefficient (Wildman–Crippen LogP) is 3.15. The number of aromatic amines is 1. The van der Waals surface area contributed by atoms with Crippen LogP contribution < -0.4 is 11.1 Å². The van der Waals surface area contributed by atoms with Crippen molar-refractivity contribution < 1.29 is 9.59 Å². The van der Waals surface area contributed by atoms with Crippen molar-refractivity contribution in [3.05, 3.63) is 40.8 Å². The number of aryl methyl sites for hydroxylation is 1. The van der Waals surface area contributed by atoms with Gasteiger partial charge in [0.05, 0.1) is 21.8 Å². The van der Waals surface area contributed by atoms with Gasteiger partial charge >= 0.3 is 0 Å². The fourth-order valence-electron chi connectivity index (χ4n) is 2.19. The molecule has 0 bridgehead atoms. The standard InChI is InChI=1S/C16H16N4O2S2/c1-8-3-4-11-12(7-8)19-16(18-11)24-9(2)14(22)20-15-10(13(17)21)5-6-23-15/h3-7,9H,1-2H3,(H2,17,21)(H,18,19)(H,20,22). The van der Waals surface area contributed by atoms with E-state index >= 15 is 0 Å². The minimum atomic E-state index is -0.556. The number of nitrogens with one attached hydrogen (secondary N) is 2. The van der Waals surface area contributed by atoms with Crippen molar-refractivity contribution in [1.82, 2.24) is 9.97 Å². The lowest BCUT2D eigenvalue weighted by Crippen LogP contribution is -2.23. The molecule has 3 rings (SSSR count). The van der Waals surface area contributed by atoms with Crippen LogP contribution >= 0.6 is 23.1 Å². The highest BCUT2D eigenvalue weighted by Gasteiger charge is 2.19. The zero-order valence-corrected chi connectivity index (χ0v) is 14.8. The molecule has 124 valence electrons. The number of amides is 2. The van der Waals surface area contributed by atoms with E-state index in [1.165, 1.54) is 23.1 Å². The first kappa shape index (κ1) is 16.5. The molecule has 0 fully saturated rings. The van der Waals surface area contributed by atoms with E-state index in [0.717, 1.165) is 16.6 Å². The number of anilines is 1. The van der Waals surface area contributed by atoms with Gasteiger partial charge in [-0.2, -0.15) is 0 Å². The second-order valence-corrected chi connectivity index (χ2v) is 7.59. The van der Waals surface area contributed by atoms with Crippen molar-refractivity contribution in [3.8, 4) is 0 Å². The third-order valence-electron chi connectivity index (χ3n) is 3.44. The minimum Gasteiger partial charge on any atom is -0.366 e. The third kappa shape index (κ3) is 3.44. The maximum absolute atomic E-state index is 12.3. The second-order valence-electron chi connectivity index (χ2n) is 5.34. The molecule has 2 amide bonds. The van der Waals surface area contributed by atoms with Gasteiger partial charge in [-0.25, -0.2) is 4.98 Å². The van der Waals surface area contributed by atoms with Crippen LogP contribution in [0.1, 0.15) is 22.8 Å². The Morgan fingerprint density at radius 1 is 1.38 bits per heavy atom. The summed E-state index contributed by atoms with van der Waals surface area (Å²) in [4.78, 5) is 31.3. The average molecular weight is 360 g/mol. The van der Waals surface area contributed by atoms with Crippen LogP contribution in [-0.2, 0) is 4.79 Å². The van der Waals surface area contributed by atoms with Crippen molar-refractivity contribution in [2.75, 3.05) is 5.32 Å². The highest BCUT2D eigenvalue weighted by molar-refractivity contribution is 8.00. The Labute approximate surface area is 146 Å². The molecule has 3 aromatic rings. The van der Waals surface area contributed by atoms with Gasteiger partial charge in [-0.05, 0) is 43.0 Å². The van der Waals surface area contributed by atoms with Crippen LogP contribution in [0.15, 0.2) is 34.8 Å². The molecule has 2 heterocycles. The molecular formula is C16H16N4O2S2. The van der Waals surface area contributed by atoms with Crippen molar-refractivity contribution >= 4 is 50.9 Å². The fourth-order valence-corrected chi connectivity index (χ4v) is 3.81. The Hall–Kier alpha value is -2.32. The number of thioether (sulfide) groups is 1. The molecule has 0 spiro atoms. The smallest absolute Gasteiger partial charge is 0.251 e. The Bertz CT molecular complexity index is 916. The lowest BCUT2D eigenvalue weighted by Gasteiger charge is -2.10. The van der Waals surface area contributed by atoms with E-state index in [0.29, 0.717) is 15.7 Å². The van der Waals surface area contributed by atoms with E-state index in [9.17, 15) is 9.59 Å². The summed E-state index contributed by atoms with van der Waals surface area (Å²) in [6.07, 6.45) is 0. The lowest BCUT2D eigenvalue weighted by atomic mass is 10.2. The monoisotopic (exact) mass is 360 g/mol. The summed E-state index contributed by atoms with van der Waals surface area (Å²) in [6, 6.07) is 7.56. The van der Waals surface area contributed by atoms with E-state index < -0.39 is 5.91 Å². The topological polar surface area (TPSA) is 101 Å². The first-order chi connectivity index (χ1) is 11.4. The Morgan fingerprint density at radius 3 is 2.92 bits per heavy atom. The number of imidazole rings is 1. The lowest BCUT2D eigenvalue weighted by molar-refractivity contribution is -0.115. The number of carbonyl (C=O) groups excluding carboxylic acids is 2. The third-order valence-corrected chi connectivity index (χ3v) is 5.25. The van der Waals surface area contributed by atoms with Gasteiger partial charge in [-0.3, -0.25) is 9.59 Å². The summed E-state index contributed by atoms with van der Waals surface area (Å²) in [5.74, 6) is -0.763. The summed E-state index contributed by atoms with van der Waals surface area (Å²) in [5, 5.41) is 5.24. The van der Waals surface area contributed by atoms with Crippen LogP contribution in [0.25, 0.3) is 11.0 Å². The van der Waals surface area contributed by atoms with E-state index in [1.54, 1.807) is 18.4 Å². The zero-order valence-electron chi connectivity index (χ0n) is 13.1. The Balaban J connectivity index is 1.71. The molecule has 8 heteroatoms. The molecule has 0 saturated heterocycles. The molecule has 1 atom stereocenters. The number of hydrogen-bond acceptors (Lipinski definition) is 5. The number of hydrogen-bond donors (Lipinski definition) is 3. The number of primary amides is 1. The van der Waals surface area contributed by atoms with Crippen LogP contribution in [0.2, 0.25) is 0 Å². The molecule has 0 aliphatic rings. The summed E-state index contributed by atoms with van der Waals surface area (Å²) in [5.41, 5.74) is 8.56. The van der Waals surface area contributed by atoms with Crippen molar-refractivity contribution in [2.45, 2.75) is 24.3 Å².